The summed E-state index contributed by atoms with van der Waals surface area (Å²) in [5, 5.41) is 1.03. The van der Waals surface area contributed by atoms with Crippen LogP contribution in [0.25, 0.3) is 10.9 Å². The van der Waals surface area contributed by atoms with Gasteiger partial charge in [0.25, 0.3) is 5.91 Å². The second-order valence-corrected chi connectivity index (χ2v) is 9.57. The van der Waals surface area contributed by atoms with Crippen LogP contribution in [0.1, 0.15) is 65.3 Å². The maximum Gasteiger partial charge on any atom is 0.416 e. The Kier molecular flexibility index (Phi) is 6.38. The first-order chi connectivity index (χ1) is 16.8. The van der Waals surface area contributed by atoms with Crippen molar-refractivity contribution in [3.63, 3.8) is 0 Å². The van der Waals surface area contributed by atoms with Gasteiger partial charge in [0, 0.05) is 43.0 Å². The Morgan fingerprint density at radius 2 is 1.66 bits per heavy atom. The first kappa shape index (κ1) is 23.6. The normalized spacial score (nSPS) is 17.7. The van der Waals surface area contributed by atoms with E-state index in [2.05, 4.69) is 17.9 Å². The number of carbonyl (C=O) groups is 1. The van der Waals surface area contributed by atoms with E-state index in [-0.39, 0.29) is 11.5 Å². The van der Waals surface area contributed by atoms with Gasteiger partial charge in [-0.1, -0.05) is 37.5 Å². The summed E-state index contributed by atoms with van der Waals surface area (Å²) in [6.07, 6.45) is 1.40. The molecule has 5 rings (SSSR count). The number of carbonyl (C=O) groups excluding carboxylic acids is 1. The molecule has 1 saturated carbocycles. The fraction of sp³-hybridized carbons (Fsp3) is 0.444. The smallest absolute Gasteiger partial charge is 0.352 e. The molecule has 3 aromatic rings. The van der Waals surface area contributed by atoms with Crippen LogP contribution in [0.15, 0.2) is 42.5 Å². The Morgan fingerprint density at radius 1 is 0.943 bits per heavy atom. The lowest BCUT2D eigenvalue weighted by Crippen LogP contribution is -2.49. The van der Waals surface area contributed by atoms with E-state index in [0.29, 0.717) is 32.1 Å². The first-order valence-corrected chi connectivity index (χ1v) is 12.3. The molecule has 0 spiro atoms. The van der Waals surface area contributed by atoms with Gasteiger partial charge in [-0.3, -0.25) is 4.79 Å². The predicted molar refractivity (Wildman–Crippen MR) is 130 cm³/mol. The largest absolute Gasteiger partial charge is 0.416 e. The molecular formula is C27H29F3N4O. The molecule has 1 aromatic heterocycles. The number of aromatic nitrogens is 2. The number of nitrogens with zero attached hydrogens (tertiary/aromatic N) is 4. The van der Waals surface area contributed by atoms with Gasteiger partial charge in [0.15, 0.2) is 0 Å². The van der Waals surface area contributed by atoms with Gasteiger partial charge < -0.3 is 9.80 Å². The zero-order chi connectivity index (χ0) is 24.6. The standard InChI is InChI=1S/C27H29F3N4O/c1-18-7-5-12-22-23(18)25(32-24(31-22)19-8-3-2-4-9-19)33-13-15-34(16-14-33)26(35)20-10-6-11-21(17-20)27(28,29)30/h5-7,10-12,17,19H,2-4,8-9,13-16H2,1H3. The van der Waals surface area contributed by atoms with E-state index in [4.69, 9.17) is 9.97 Å². The lowest BCUT2D eigenvalue weighted by molar-refractivity contribution is -0.137. The number of benzene rings is 2. The Balaban J connectivity index is 1.38. The number of hydrogen-bond acceptors (Lipinski definition) is 4. The van der Waals surface area contributed by atoms with Crippen molar-refractivity contribution in [1.29, 1.82) is 0 Å². The van der Waals surface area contributed by atoms with Gasteiger partial charge >= 0.3 is 6.18 Å². The molecule has 1 aliphatic heterocycles. The fourth-order valence-electron chi connectivity index (χ4n) is 5.25. The second kappa shape index (κ2) is 9.47. The molecule has 5 nitrogen and oxygen atoms in total. The monoisotopic (exact) mass is 482 g/mol. The van der Waals surface area contributed by atoms with E-state index in [1.165, 1.54) is 31.4 Å². The summed E-state index contributed by atoms with van der Waals surface area (Å²) in [6.45, 7) is 4.03. The Morgan fingerprint density at radius 3 is 2.37 bits per heavy atom. The van der Waals surface area contributed by atoms with Gasteiger partial charge in [0.2, 0.25) is 0 Å². The SMILES string of the molecule is Cc1cccc2nc(C3CCCCC3)nc(N3CCN(C(=O)c4cccc(C(F)(F)F)c4)CC3)c12. The maximum absolute atomic E-state index is 13.1. The van der Waals surface area contributed by atoms with Crippen molar-refractivity contribution < 1.29 is 18.0 Å². The molecule has 2 aromatic carbocycles. The van der Waals surface area contributed by atoms with Gasteiger partial charge in [-0.25, -0.2) is 9.97 Å². The van der Waals surface area contributed by atoms with Gasteiger partial charge in [-0.05, 0) is 49.6 Å². The molecule has 1 saturated heterocycles. The van der Waals surface area contributed by atoms with Crippen molar-refractivity contribution >= 4 is 22.6 Å². The molecule has 2 fully saturated rings. The van der Waals surface area contributed by atoms with Gasteiger partial charge in [0.05, 0.1) is 11.1 Å². The van der Waals surface area contributed by atoms with Crippen LogP contribution in [-0.4, -0.2) is 47.0 Å². The first-order valence-electron chi connectivity index (χ1n) is 12.3. The predicted octanol–water partition coefficient (Wildman–Crippen LogP) is 5.97. The van der Waals surface area contributed by atoms with Crippen molar-refractivity contribution in [2.24, 2.45) is 0 Å². The molecule has 0 unspecified atom stereocenters. The molecule has 0 radical (unpaired) electrons. The quantitative estimate of drug-likeness (QED) is 0.462. The Bertz CT molecular complexity index is 1230. The number of aryl methyl sites for hydroxylation is 1. The number of hydrogen-bond donors (Lipinski definition) is 0. The molecule has 0 N–H and O–H groups in total. The third kappa shape index (κ3) is 4.83. The van der Waals surface area contributed by atoms with Crippen molar-refractivity contribution in [1.82, 2.24) is 14.9 Å². The molecular weight excluding hydrogens is 453 g/mol. The van der Waals surface area contributed by atoms with Crippen molar-refractivity contribution in [2.45, 2.75) is 51.1 Å². The van der Waals surface area contributed by atoms with Gasteiger partial charge in [-0.2, -0.15) is 13.2 Å². The van der Waals surface area contributed by atoms with Gasteiger partial charge in [0.1, 0.15) is 11.6 Å². The minimum absolute atomic E-state index is 0.0659. The van der Waals surface area contributed by atoms with E-state index >= 15 is 0 Å². The number of piperazine rings is 1. The summed E-state index contributed by atoms with van der Waals surface area (Å²) in [7, 11) is 0. The maximum atomic E-state index is 13.1. The van der Waals surface area contributed by atoms with E-state index in [1.54, 1.807) is 4.90 Å². The highest BCUT2D eigenvalue weighted by atomic mass is 19.4. The fourth-order valence-corrected chi connectivity index (χ4v) is 5.25. The average molecular weight is 483 g/mol. The summed E-state index contributed by atoms with van der Waals surface area (Å²) >= 11 is 0. The van der Waals surface area contributed by atoms with Gasteiger partial charge in [-0.15, -0.1) is 0 Å². The molecule has 2 heterocycles. The van der Waals surface area contributed by atoms with Crippen LogP contribution in [0.3, 0.4) is 0 Å². The summed E-state index contributed by atoms with van der Waals surface area (Å²) in [5.41, 5.74) is 1.31. The van der Waals surface area contributed by atoms with Crippen LogP contribution >= 0.6 is 0 Å². The lowest BCUT2D eigenvalue weighted by Gasteiger charge is -2.36. The molecule has 8 heteroatoms. The second-order valence-electron chi connectivity index (χ2n) is 9.57. The molecule has 2 aliphatic rings. The molecule has 0 atom stereocenters. The summed E-state index contributed by atoms with van der Waals surface area (Å²) < 4.78 is 39.3. The van der Waals surface area contributed by atoms with E-state index in [0.717, 1.165) is 53.1 Å². The molecule has 1 aliphatic carbocycles. The highest BCUT2D eigenvalue weighted by Crippen LogP contribution is 2.35. The molecule has 0 bridgehead atoms. The molecule has 184 valence electrons. The third-order valence-corrected chi connectivity index (χ3v) is 7.20. The van der Waals surface area contributed by atoms with Crippen LogP contribution in [0.4, 0.5) is 19.0 Å². The van der Waals surface area contributed by atoms with Crippen LogP contribution in [0.5, 0.6) is 0 Å². The lowest BCUT2D eigenvalue weighted by atomic mass is 9.88. The van der Waals surface area contributed by atoms with Crippen LogP contribution in [0, 0.1) is 6.92 Å². The zero-order valence-corrected chi connectivity index (χ0v) is 19.8. The van der Waals surface area contributed by atoms with E-state index in [1.807, 2.05) is 12.1 Å². The zero-order valence-electron chi connectivity index (χ0n) is 19.8. The molecule has 1 amide bonds. The summed E-state index contributed by atoms with van der Waals surface area (Å²) in [6, 6.07) is 10.8. The van der Waals surface area contributed by atoms with Crippen molar-refractivity contribution in [3.05, 3.63) is 65.0 Å². The summed E-state index contributed by atoms with van der Waals surface area (Å²) in [5.74, 6) is 1.80. The average Bonchev–Trinajstić information content (AvgIpc) is 2.88. The number of fused-ring (bicyclic) bond motifs is 1. The van der Waals surface area contributed by atoms with Crippen molar-refractivity contribution in [2.75, 3.05) is 31.1 Å². The Labute approximate surface area is 203 Å². The Hall–Kier alpha value is -3.16. The number of amides is 1. The van der Waals surface area contributed by atoms with Crippen LogP contribution in [-0.2, 0) is 6.18 Å². The molecule has 35 heavy (non-hydrogen) atoms. The third-order valence-electron chi connectivity index (χ3n) is 7.20. The number of alkyl halides is 3. The van der Waals surface area contributed by atoms with Crippen molar-refractivity contribution in [3.8, 4) is 0 Å². The highest BCUT2D eigenvalue weighted by Gasteiger charge is 2.32. The topological polar surface area (TPSA) is 49.3 Å². The highest BCUT2D eigenvalue weighted by molar-refractivity contribution is 5.95. The number of rotatable bonds is 3. The minimum atomic E-state index is -4.48. The van der Waals surface area contributed by atoms with Crippen LogP contribution < -0.4 is 4.90 Å². The van der Waals surface area contributed by atoms with Crippen LogP contribution in [0.2, 0.25) is 0 Å². The van der Waals surface area contributed by atoms with E-state index in [9.17, 15) is 18.0 Å². The number of halogens is 3. The minimum Gasteiger partial charge on any atom is -0.352 e. The summed E-state index contributed by atoms with van der Waals surface area (Å²) in [4.78, 5) is 26.8. The number of anilines is 1. The van der Waals surface area contributed by atoms with E-state index < -0.39 is 11.7 Å².